The molecular formula is C23H18FN5. The number of anilines is 1. The summed E-state index contributed by atoms with van der Waals surface area (Å²) in [4.78, 5) is 4.86. The maximum Gasteiger partial charge on any atom is 0.186 e. The Hall–Kier alpha value is -3.80. The van der Waals surface area contributed by atoms with Gasteiger partial charge in [-0.15, -0.1) is 5.10 Å². The third kappa shape index (κ3) is 3.08. The molecule has 2 aromatic heterocycles. The third-order valence-corrected chi connectivity index (χ3v) is 5.02. The van der Waals surface area contributed by atoms with Crippen molar-refractivity contribution in [1.82, 2.24) is 19.8 Å². The number of halogens is 1. The van der Waals surface area contributed by atoms with Crippen molar-refractivity contribution in [1.29, 1.82) is 0 Å². The second-order valence-corrected chi connectivity index (χ2v) is 6.93. The lowest BCUT2D eigenvalue weighted by atomic mass is 10.1. The summed E-state index contributed by atoms with van der Waals surface area (Å²) in [5.41, 5.74) is 4.08. The monoisotopic (exact) mass is 383 g/mol. The van der Waals surface area contributed by atoms with Crippen molar-refractivity contribution in [2.45, 2.75) is 13.0 Å². The van der Waals surface area contributed by atoms with Crippen molar-refractivity contribution in [2.75, 3.05) is 5.32 Å². The molecule has 0 saturated heterocycles. The Kier molecular flexibility index (Phi) is 4.17. The van der Waals surface area contributed by atoms with Crippen LogP contribution < -0.4 is 5.32 Å². The first kappa shape index (κ1) is 17.3. The van der Waals surface area contributed by atoms with E-state index in [1.54, 1.807) is 16.6 Å². The third-order valence-electron chi connectivity index (χ3n) is 5.02. The Balaban J connectivity index is 1.68. The second kappa shape index (κ2) is 6.98. The molecule has 29 heavy (non-hydrogen) atoms. The van der Waals surface area contributed by atoms with Crippen LogP contribution in [0, 0.1) is 5.82 Å². The van der Waals surface area contributed by atoms with E-state index in [9.17, 15) is 4.39 Å². The summed E-state index contributed by atoms with van der Waals surface area (Å²) in [7, 11) is 0. The summed E-state index contributed by atoms with van der Waals surface area (Å²) in [5.74, 6) is 0.470. The van der Waals surface area contributed by atoms with E-state index in [1.807, 2.05) is 42.5 Å². The number of rotatable bonds is 4. The quantitative estimate of drug-likeness (QED) is 0.460. The van der Waals surface area contributed by atoms with Crippen molar-refractivity contribution >= 4 is 22.4 Å². The molecule has 0 aliphatic heterocycles. The predicted molar refractivity (Wildman–Crippen MR) is 112 cm³/mol. The van der Waals surface area contributed by atoms with E-state index < -0.39 is 0 Å². The number of hydrogen-bond donors (Lipinski definition) is 1. The van der Waals surface area contributed by atoms with E-state index in [1.165, 1.54) is 17.7 Å². The van der Waals surface area contributed by atoms with Crippen LogP contribution in [0.1, 0.15) is 18.5 Å². The van der Waals surface area contributed by atoms with Crippen LogP contribution in [0.4, 0.5) is 10.2 Å². The van der Waals surface area contributed by atoms with Gasteiger partial charge in [0.05, 0.1) is 5.52 Å². The van der Waals surface area contributed by atoms with Crippen molar-refractivity contribution in [3.63, 3.8) is 0 Å². The Morgan fingerprint density at radius 2 is 1.62 bits per heavy atom. The number of nitrogens with zero attached hydrogens (tertiary/aromatic N) is 4. The van der Waals surface area contributed by atoms with Crippen molar-refractivity contribution < 1.29 is 4.39 Å². The normalized spacial score (nSPS) is 12.3. The highest BCUT2D eigenvalue weighted by molar-refractivity contribution is 5.93. The standard InChI is InChI=1S/C23H18FN5/c1-15(16-7-3-2-4-8-16)25-22-19-9-5-6-10-20(19)29-23(26-22)21(27-28-29)17-11-13-18(24)14-12-17/h2-15H,1H3,(H,25,26)/t15-/m1/s1. The zero-order valence-electron chi connectivity index (χ0n) is 15.7. The summed E-state index contributed by atoms with van der Waals surface area (Å²) >= 11 is 0. The van der Waals surface area contributed by atoms with Crippen LogP contribution in [-0.4, -0.2) is 19.8 Å². The molecule has 142 valence electrons. The van der Waals surface area contributed by atoms with E-state index in [0.29, 0.717) is 11.3 Å². The van der Waals surface area contributed by atoms with E-state index in [2.05, 4.69) is 34.7 Å². The lowest BCUT2D eigenvalue weighted by Crippen LogP contribution is -2.09. The fourth-order valence-corrected chi connectivity index (χ4v) is 3.50. The molecule has 3 aromatic carbocycles. The lowest BCUT2D eigenvalue weighted by Gasteiger charge is -2.17. The highest BCUT2D eigenvalue weighted by Gasteiger charge is 2.17. The van der Waals surface area contributed by atoms with Gasteiger partial charge in [0.15, 0.2) is 5.65 Å². The number of benzene rings is 3. The van der Waals surface area contributed by atoms with Crippen LogP contribution >= 0.6 is 0 Å². The van der Waals surface area contributed by atoms with Gasteiger partial charge in [0.1, 0.15) is 17.3 Å². The molecule has 0 amide bonds. The molecule has 0 fully saturated rings. The first-order valence-electron chi connectivity index (χ1n) is 9.42. The minimum atomic E-state index is -0.289. The minimum Gasteiger partial charge on any atom is -0.363 e. The van der Waals surface area contributed by atoms with Gasteiger partial charge in [0.25, 0.3) is 0 Å². The highest BCUT2D eigenvalue weighted by Crippen LogP contribution is 2.30. The minimum absolute atomic E-state index is 0.0692. The molecule has 2 heterocycles. The molecule has 0 spiro atoms. The highest BCUT2D eigenvalue weighted by atomic mass is 19.1. The van der Waals surface area contributed by atoms with E-state index in [-0.39, 0.29) is 11.9 Å². The van der Waals surface area contributed by atoms with Crippen LogP contribution in [-0.2, 0) is 0 Å². The van der Waals surface area contributed by atoms with Crippen LogP contribution in [0.15, 0.2) is 78.9 Å². The molecule has 5 nitrogen and oxygen atoms in total. The molecule has 0 bridgehead atoms. The molecule has 0 aliphatic rings. The van der Waals surface area contributed by atoms with Crippen LogP contribution in [0.3, 0.4) is 0 Å². The van der Waals surface area contributed by atoms with Crippen molar-refractivity contribution in [3.05, 3.63) is 90.2 Å². The molecular weight excluding hydrogens is 365 g/mol. The number of para-hydroxylation sites is 1. The van der Waals surface area contributed by atoms with Crippen LogP contribution in [0.25, 0.3) is 27.8 Å². The average molecular weight is 383 g/mol. The Bertz CT molecular complexity index is 1300. The van der Waals surface area contributed by atoms with Gasteiger partial charge in [-0.2, -0.15) is 4.52 Å². The summed E-state index contributed by atoms with van der Waals surface area (Å²) < 4.78 is 15.1. The van der Waals surface area contributed by atoms with E-state index in [0.717, 1.165) is 22.3 Å². The van der Waals surface area contributed by atoms with Crippen molar-refractivity contribution in [3.8, 4) is 11.3 Å². The molecule has 1 N–H and O–H groups in total. The topological polar surface area (TPSA) is 55.1 Å². The lowest BCUT2D eigenvalue weighted by molar-refractivity contribution is 0.628. The van der Waals surface area contributed by atoms with Gasteiger partial charge in [-0.25, -0.2) is 9.37 Å². The van der Waals surface area contributed by atoms with E-state index in [4.69, 9.17) is 4.98 Å². The summed E-state index contributed by atoms with van der Waals surface area (Å²) in [5, 5.41) is 13.1. The smallest absolute Gasteiger partial charge is 0.186 e. The Morgan fingerprint density at radius 1 is 0.897 bits per heavy atom. The Morgan fingerprint density at radius 3 is 2.41 bits per heavy atom. The number of hydrogen-bond acceptors (Lipinski definition) is 4. The van der Waals surface area contributed by atoms with Gasteiger partial charge in [-0.3, -0.25) is 0 Å². The van der Waals surface area contributed by atoms with Gasteiger partial charge < -0.3 is 5.32 Å². The Labute approximate surface area is 166 Å². The maximum atomic E-state index is 13.4. The molecule has 5 aromatic rings. The largest absolute Gasteiger partial charge is 0.363 e. The molecule has 0 radical (unpaired) electrons. The molecule has 0 aliphatic carbocycles. The van der Waals surface area contributed by atoms with Gasteiger partial charge in [-0.1, -0.05) is 47.7 Å². The fourth-order valence-electron chi connectivity index (χ4n) is 3.50. The van der Waals surface area contributed by atoms with Gasteiger partial charge >= 0.3 is 0 Å². The first-order valence-corrected chi connectivity index (χ1v) is 9.42. The first-order chi connectivity index (χ1) is 14.2. The van der Waals surface area contributed by atoms with Crippen LogP contribution in [0.5, 0.6) is 0 Å². The average Bonchev–Trinajstić information content (AvgIpc) is 3.19. The fraction of sp³-hybridized carbons (Fsp3) is 0.0870. The zero-order chi connectivity index (χ0) is 19.8. The van der Waals surface area contributed by atoms with Crippen molar-refractivity contribution in [2.24, 2.45) is 0 Å². The van der Waals surface area contributed by atoms with Gasteiger partial charge in [0, 0.05) is 17.0 Å². The van der Waals surface area contributed by atoms with Gasteiger partial charge in [-0.05, 0) is 48.9 Å². The summed E-state index contributed by atoms with van der Waals surface area (Å²) in [6.45, 7) is 2.10. The van der Waals surface area contributed by atoms with Gasteiger partial charge in [0.2, 0.25) is 0 Å². The maximum absolute atomic E-state index is 13.4. The molecule has 6 heteroatoms. The number of aromatic nitrogens is 4. The second-order valence-electron chi connectivity index (χ2n) is 6.93. The zero-order valence-corrected chi connectivity index (χ0v) is 15.7. The summed E-state index contributed by atoms with van der Waals surface area (Å²) in [6.07, 6.45) is 0. The van der Waals surface area contributed by atoms with Crippen LogP contribution in [0.2, 0.25) is 0 Å². The summed E-state index contributed by atoms with van der Waals surface area (Å²) in [6, 6.07) is 24.5. The SMILES string of the molecule is C[C@@H](Nc1nc2c(-c3ccc(F)cc3)nnn2c2ccccc12)c1ccccc1. The molecule has 1 atom stereocenters. The van der Waals surface area contributed by atoms with E-state index >= 15 is 0 Å². The molecule has 0 unspecified atom stereocenters. The number of fused-ring (bicyclic) bond motifs is 3. The predicted octanol–water partition coefficient (Wildman–Crippen LogP) is 5.26. The molecule has 0 saturated carbocycles. The molecule has 5 rings (SSSR count). The number of nitrogens with one attached hydrogen (secondary N) is 1.